The molecule has 1 fully saturated rings. The van der Waals surface area contributed by atoms with Crippen LogP contribution in [0.5, 0.6) is 5.75 Å². The number of rotatable bonds is 6. The fraction of sp³-hybridized carbons (Fsp3) is 0.647. The van der Waals surface area contributed by atoms with Gasteiger partial charge in [0.25, 0.3) is 0 Å². The lowest BCUT2D eigenvalue weighted by Crippen LogP contribution is -2.49. The second kappa shape index (κ2) is 7.25. The predicted molar refractivity (Wildman–Crippen MR) is 85.7 cm³/mol. The average Bonchev–Trinajstić information content (AvgIpc) is 2.50. The van der Waals surface area contributed by atoms with E-state index in [-0.39, 0.29) is 18.1 Å². The minimum Gasteiger partial charge on any atom is -0.494 e. The minimum atomic E-state index is -0.176. The van der Waals surface area contributed by atoms with Crippen molar-refractivity contribution >= 4 is 0 Å². The molecule has 2 N–H and O–H groups in total. The number of hydrogen-bond donors (Lipinski definition) is 2. The lowest BCUT2D eigenvalue weighted by Gasteiger charge is -2.43. The standard InChI is InChI=1S/C17H28N2O2/c1-4-21-15-7-5-14(6-8-15)16(17(2,3)13-20)19-11-9-18-10-12-19/h5-8,16,18,20H,4,9-13H2,1-3H3/t16-/m1/s1. The first-order valence-electron chi connectivity index (χ1n) is 7.87. The minimum absolute atomic E-state index is 0.175. The Bertz CT molecular complexity index is 425. The van der Waals surface area contributed by atoms with Crippen molar-refractivity contribution in [1.29, 1.82) is 0 Å². The molecular formula is C17H28N2O2. The van der Waals surface area contributed by atoms with Gasteiger partial charge in [-0.15, -0.1) is 0 Å². The zero-order chi connectivity index (χ0) is 15.3. The Balaban J connectivity index is 2.25. The summed E-state index contributed by atoms with van der Waals surface area (Å²) in [4.78, 5) is 2.47. The first kappa shape index (κ1) is 16.3. The van der Waals surface area contributed by atoms with E-state index in [1.165, 1.54) is 5.56 Å². The molecule has 1 aliphatic heterocycles. The molecule has 118 valence electrons. The second-order valence-corrected chi connectivity index (χ2v) is 6.34. The van der Waals surface area contributed by atoms with E-state index in [1.807, 2.05) is 19.1 Å². The van der Waals surface area contributed by atoms with E-state index in [9.17, 15) is 5.11 Å². The Morgan fingerprint density at radius 2 is 1.86 bits per heavy atom. The summed E-state index contributed by atoms with van der Waals surface area (Å²) in [7, 11) is 0. The Morgan fingerprint density at radius 1 is 1.24 bits per heavy atom. The van der Waals surface area contributed by atoms with Crippen LogP contribution in [0.1, 0.15) is 32.4 Å². The van der Waals surface area contributed by atoms with Crippen molar-refractivity contribution in [2.45, 2.75) is 26.8 Å². The summed E-state index contributed by atoms with van der Waals surface area (Å²) in [6.07, 6.45) is 0. The molecule has 0 radical (unpaired) electrons. The van der Waals surface area contributed by atoms with Gasteiger partial charge < -0.3 is 15.2 Å². The van der Waals surface area contributed by atoms with Crippen LogP contribution in [0.4, 0.5) is 0 Å². The molecule has 0 amide bonds. The van der Waals surface area contributed by atoms with Crippen molar-refractivity contribution in [3.05, 3.63) is 29.8 Å². The van der Waals surface area contributed by atoms with Gasteiger partial charge in [-0.25, -0.2) is 0 Å². The molecule has 0 unspecified atom stereocenters. The first-order valence-corrected chi connectivity index (χ1v) is 7.87. The molecule has 21 heavy (non-hydrogen) atoms. The Morgan fingerprint density at radius 3 is 2.38 bits per heavy atom. The Labute approximate surface area is 128 Å². The summed E-state index contributed by atoms with van der Waals surface area (Å²) in [6.45, 7) is 11.2. The lowest BCUT2D eigenvalue weighted by molar-refractivity contribution is 0.0305. The Kier molecular flexibility index (Phi) is 5.62. The van der Waals surface area contributed by atoms with E-state index in [0.717, 1.165) is 31.9 Å². The van der Waals surface area contributed by atoms with Crippen molar-refractivity contribution < 1.29 is 9.84 Å². The number of nitrogens with zero attached hydrogens (tertiary/aromatic N) is 1. The van der Waals surface area contributed by atoms with Gasteiger partial charge in [-0.3, -0.25) is 4.90 Å². The molecule has 1 atom stereocenters. The monoisotopic (exact) mass is 292 g/mol. The molecule has 4 nitrogen and oxygen atoms in total. The maximum absolute atomic E-state index is 9.83. The summed E-state index contributed by atoms with van der Waals surface area (Å²) in [5.74, 6) is 0.905. The van der Waals surface area contributed by atoms with Crippen molar-refractivity contribution in [1.82, 2.24) is 10.2 Å². The van der Waals surface area contributed by atoms with Gasteiger partial charge in [-0.2, -0.15) is 0 Å². The highest BCUT2D eigenvalue weighted by Gasteiger charge is 2.35. The Hall–Kier alpha value is -1.10. The van der Waals surface area contributed by atoms with Crippen molar-refractivity contribution in [3.63, 3.8) is 0 Å². The van der Waals surface area contributed by atoms with Gasteiger partial charge in [0.1, 0.15) is 5.75 Å². The molecule has 0 aromatic heterocycles. The van der Waals surface area contributed by atoms with E-state index < -0.39 is 0 Å². The van der Waals surface area contributed by atoms with E-state index in [2.05, 4.69) is 36.2 Å². The van der Waals surface area contributed by atoms with Crippen LogP contribution < -0.4 is 10.1 Å². The summed E-state index contributed by atoms with van der Waals surface area (Å²) in [5, 5.41) is 13.2. The van der Waals surface area contributed by atoms with E-state index in [1.54, 1.807) is 0 Å². The van der Waals surface area contributed by atoms with Crippen LogP contribution in [-0.2, 0) is 0 Å². The molecule has 1 saturated heterocycles. The van der Waals surface area contributed by atoms with E-state index in [0.29, 0.717) is 6.61 Å². The van der Waals surface area contributed by atoms with Crippen LogP contribution in [-0.4, -0.2) is 49.4 Å². The summed E-state index contributed by atoms with van der Waals surface area (Å²) in [5.41, 5.74) is 1.07. The number of nitrogens with one attached hydrogen (secondary N) is 1. The van der Waals surface area contributed by atoms with Gasteiger partial charge in [0, 0.05) is 44.2 Å². The zero-order valence-electron chi connectivity index (χ0n) is 13.4. The van der Waals surface area contributed by atoms with Crippen molar-refractivity contribution in [2.75, 3.05) is 39.4 Å². The number of benzene rings is 1. The number of ether oxygens (including phenoxy) is 1. The van der Waals surface area contributed by atoms with E-state index >= 15 is 0 Å². The first-order chi connectivity index (χ1) is 10.1. The van der Waals surface area contributed by atoms with E-state index in [4.69, 9.17) is 4.74 Å². The molecule has 0 spiro atoms. The number of aliphatic hydroxyl groups excluding tert-OH is 1. The van der Waals surface area contributed by atoms with Gasteiger partial charge >= 0.3 is 0 Å². The molecule has 0 aliphatic carbocycles. The van der Waals surface area contributed by atoms with Crippen LogP contribution in [0.15, 0.2) is 24.3 Å². The smallest absolute Gasteiger partial charge is 0.119 e. The van der Waals surface area contributed by atoms with Crippen molar-refractivity contribution in [3.8, 4) is 5.75 Å². The molecule has 1 heterocycles. The summed E-state index contributed by atoms with van der Waals surface area (Å²) >= 11 is 0. The predicted octanol–water partition coefficient (Wildman–Crippen LogP) is 2.05. The third-order valence-corrected chi connectivity index (χ3v) is 4.17. The largest absolute Gasteiger partial charge is 0.494 e. The van der Waals surface area contributed by atoms with Crippen LogP contribution >= 0.6 is 0 Å². The maximum atomic E-state index is 9.83. The molecule has 1 aromatic rings. The van der Waals surface area contributed by atoms with Gasteiger partial charge in [0.2, 0.25) is 0 Å². The molecule has 0 saturated carbocycles. The lowest BCUT2D eigenvalue weighted by atomic mass is 9.79. The van der Waals surface area contributed by atoms with Gasteiger partial charge in [-0.05, 0) is 24.6 Å². The van der Waals surface area contributed by atoms with Crippen LogP contribution in [0.2, 0.25) is 0 Å². The fourth-order valence-corrected chi connectivity index (χ4v) is 3.10. The quantitative estimate of drug-likeness (QED) is 0.842. The van der Waals surface area contributed by atoms with Crippen LogP contribution in [0, 0.1) is 5.41 Å². The maximum Gasteiger partial charge on any atom is 0.119 e. The topological polar surface area (TPSA) is 44.7 Å². The highest BCUT2D eigenvalue weighted by Crippen LogP contribution is 2.38. The number of piperazine rings is 1. The third-order valence-electron chi connectivity index (χ3n) is 4.17. The van der Waals surface area contributed by atoms with Crippen LogP contribution in [0.3, 0.4) is 0 Å². The molecule has 1 aromatic carbocycles. The average molecular weight is 292 g/mol. The molecular weight excluding hydrogens is 264 g/mol. The number of aliphatic hydroxyl groups is 1. The molecule has 4 heteroatoms. The third kappa shape index (κ3) is 3.96. The van der Waals surface area contributed by atoms with Gasteiger partial charge in [0.05, 0.1) is 6.61 Å². The summed E-state index contributed by atoms with van der Waals surface area (Å²) < 4.78 is 5.53. The highest BCUT2D eigenvalue weighted by atomic mass is 16.5. The summed E-state index contributed by atoms with van der Waals surface area (Å²) in [6, 6.07) is 8.55. The fourth-order valence-electron chi connectivity index (χ4n) is 3.10. The zero-order valence-corrected chi connectivity index (χ0v) is 13.4. The van der Waals surface area contributed by atoms with Crippen LogP contribution in [0.25, 0.3) is 0 Å². The molecule has 0 bridgehead atoms. The van der Waals surface area contributed by atoms with Gasteiger partial charge in [-0.1, -0.05) is 26.0 Å². The highest BCUT2D eigenvalue weighted by molar-refractivity contribution is 5.30. The molecule has 1 aliphatic rings. The van der Waals surface area contributed by atoms with Crippen molar-refractivity contribution in [2.24, 2.45) is 5.41 Å². The normalized spacial score (nSPS) is 18.5. The van der Waals surface area contributed by atoms with Gasteiger partial charge in [0.15, 0.2) is 0 Å². The molecule has 2 rings (SSSR count). The SMILES string of the molecule is CCOc1ccc([C@@H](N2CCNCC2)C(C)(C)CO)cc1. The second-order valence-electron chi connectivity index (χ2n) is 6.34. The number of hydrogen-bond acceptors (Lipinski definition) is 4.